The van der Waals surface area contributed by atoms with Crippen molar-refractivity contribution in [3.05, 3.63) is 11.6 Å². The molecule has 1 aliphatic rings. The lowest BCUT2D eigenvalue weighted by Gasteiger charge is -2.43. The monoisotopic (exact) mass is 418 g/mol. The van der Waals surface area contributed by atoms with Crippen molar-refractivity contribution >= 4 is 0 Å². The van der Waals surface area contributed by atoms with Gasteiger partial charge in [-0.05, 0) is 61.2 Å². The lowest BCUT2D eigenvalue weighted by molar-refractivity contribution is 0.168. The van der Waals surface area contributed by atoms with E-state index in [4.69, 9.17) is 0 Å². The van der Waals surface area contributed by atoms with Crippen LogP contribution in [0.5, 0.6) is 0 Å². The second kappa shape index (κ2) is 16.4. The van der Waals surface area contributed by atoms with Crippen LogP contribution in [0.1, 0.15) is 145 Å². The van der Waals surface area contributed by atoms with Crippen LogP contribution < -0.4 is 0 Å². The van der Waals surface area contributed by atoms with Gasteiger partial charge in [-0.1, -0.05) is 131 Å². The van der Waals surface area contributed by atoms with E-state index in [9.17, 15) is 0 Å². The maximum Gasteiger partial charge on any atom is -0.0172 e. The minimum atomic E-state index is 0.769. The van der Waals surface area contributed by atoms with Gasteiger partial charge in [-0.25, -0.2) is 0 Å². The topological polar surface area (TPSA) is 0 Å². The summed E-state index contributed by atoms with van der Waals surface area (Å²) in [6.07, 6.45) is 24.1. The fourth-order valence-corrected chi connectivity index (χ4v) is 6.08. The van der Waals surface area contributed by atoms with Crippen LogP contribution in [0.25, 0.3) is 0 Å². The molecule has 0 saturated heterocycles. The third-order valence-corrected chi connectivity index (χ3v) is 8.20. The summed E-state index contributed by atoms with van der Waals surface area (Å²) in [5.41, 5.74) is 1.91. The van der Waals surface area contributed by atoms with Crippen molar-refractivity contribution in [3.8, 4) is 0 Å². The highest BCUT2D eigenvalue weighted by Crippen LogP contribution is 2.47. The molecule has 0 N–H and O–H groups in total. The number of unbranched alkanes of at least 4 members (excludes halogenated alkanes) is 7. The Morgan fingerprint density at radius 3 is 1.83 bits per heavy atom. The minimum absolute atomic E-state index is 0.769. The molecule has 0 aromatic carbocycles. The van der Waals surface area contributed by atoms with E-state index >= 15 is 0 Å². The zero-order chi connectivity index (χ0) is 22.4. The van der Waals surface area contributed by atoms with Crippen molar-refractivity contribution in [2.24, 2.45) is 35.5 Å². The van der Waals surface area contributed by atoms with Gasteiger partial charge in [-0.3, -0.25) is 0 Å². The summed E-state index contributed by atoms with van der Waals surface area (Å²) >= 11 is 0. The Labute approximate surface area is 192 Å². The Morgan fingerprint density at radius 2 is 1.30 bits per heavy atom. The Hall–Kier alpha value is -0.260. The lowest BCUT2D eigenvalue weighted by atomic mass is 9.62. The third kappa shape index (κ3) is 9.91. The second-order valence-corrected chi connectivity index (χ2v) is 11.1. The molecule has 178 valence electrons. The molecular weight excluding hydrogens is 360 g/mol. The third-order valence-electron chi connectivity index (χ3n) is 8.20. The Balaban J connectivity index is 2.87. The fraction of sp³-hybridized carbons (Fsp3) is 0.933. The van der Waals surface area contributed by atoms with Crippen LogP contribution in [-0.2, 0) is 0 Å². The van der Waals surface area contributed by atoms with E-state index < -0.39 is 0 Å². The number of allylic oxidation sites excluding steroid dienone is 2. The normalized spacial score (nSPS) is 25.5. The summed E-state index contributed by atoms with van der Waals surface area (Å²) in [6, 6.07) is 0. The predicted molar refractivity (Wildman–Crippen MR) is 138 cm³/mol. The van der Waals surface area contributed by atoms with E-state index in [1.165, 1.54) is 96.3 Å². The largest absolute Gasteiger partial charge is 0.0816 e. The van der Waals surface area contributed by atoms with Gasteiger partial charge in [-0.2, -0.15) is 0 Å². The molecule has 0 nitrogen and oxygen atoms in total. The first kappa shape index (κ1) is 27.8. The van der Waals surface area contributed by atoms with Gasteiger partial charge >= 0.3 is 0 Å². The molecule has 0 bridgehead atoms. The molecule has 0 aliphatic heterocycles. The molecule has 0 aromatic heterocycles. The van der Waals surface area contributed by atoms with Gasteiger partial charge in [0.25, 0.3) is 0 Å². The summed E-state index contributed by atoms with van der Waals surface area (Å²) in [4.78, 5) is 0. The molecule has 0 aromatic rings. The predicted octanol–water partition coefficient (Wildman–Crippen LogP) is 10.6. The molecule has 0 fully saturated rings. The van der Waals surface area contributed by atoms with Gasteiger partial charge in [0, 0.05) is 0 Å². The smallest absolute Gasteiger partial charge is 0.0172 e. The highest BCUT2D eigenvalue weighted by Gasteiger charge is 2.36. The Morgan fingerprint density at radius 1 is 0.733 bits per heavy atom. The molecular formula is C30H58. The average molecular weight is 419 g/mol. The van der Waals surface area contributed by atoms with Crippen LogP contribution >= 0.6 is 0 Å². The van der Waals surface area contributed by atoms with Gasteiger partial charge in [0.2, 0.25) is 0 Å². The average Bonchev–Trinajstić information content (AvgIpc) is 2.72. The van der Waals surface area contributed by atoms with Gasteiger partial charge in [0.05, 0.1) is 0 Å². The standard InChI is InChI=1S/C30H58/c1-8-11-13-15-17-21-27(20-16-14-12-9-2)30-23-25(6)26(7)29(28(30)10-3)22-18-19-24(4)5/h23-29H,8-22H2,1-7H3. The van der Waals surface area contributed by atoms with Gasteiger partial charge in [0.15, 0.2) is 0 Å². The minimum Gasteiger partial charge on any atom is -0.0816 e. The zero-order valence-electron chi connectivity index (χ0n) is 22.1. The van der Waals surface area contributed by atoms with E-state index in [0.29, 0.717) is 0 Å². The zero-order valence-corrected chi connectivity index (χ0v) is 22.1. The molecule has 1 rings (SSSR count). The van der Waals surface area contributed by atoms with Crippen molar-refractivity contribution in [1.29, 1.82) is 0 Å². The van der Waals surface area contributed by atoms with Crippen LogP contribution in [0.3, 0.4) is 0 Å². The van der Waals surface area contributed by atoms with Crippen molar-refractivity contribution in [2.75, 3.05) is 0 Å². The Kier molecular flexibility index (Phi) is 15.2. The first-order chi connectivity index (χ1) is 14.5. The number of hydrogen-bond acceptors (Lipinski definition) is 0. The first-order valence-electron chi connectivity index (χ1n) is 14.2. The first-order valence-corrected chi connectivity index (χ1v) is 14.2. The highest BCUT2D eigenvalue weighted by molar-refractivity contribution is 5.18. The maximum atomic E-state index is 2.77. The SMILES string of the molecule is CCCCCCCC(CCCCCC)C1=CC(C)C(C)C(CCCC(C)C)C1CC. The summed E-state index contributed by atoms with van der Waals surface area (Å²) < 4.78 is 0. The molecule has 1 aliphatic carbocycles. The Bertz CT molecular complexity index is 431. The van der Waals surface area contributed by atoms with E-state index in [2.05, 4.69) is 54.5 Å². The molecule has 5 unspecified atom stereocenters. The van der Waals surface area contributed by atoms with Gasteiger partial charge in [0.1, 0.15) is 0 Å². The van der Waals surface area contributed by atoms with E-state index in [-0.39, 0.29) is 0 Å². The van der Waals surface area contributed by atoms with E-state index in [0.717, 1.165) is 35.5 Å². The van der Waals surface area contributed by atoms with Crippen molar-refractivity contribution < 1.29 is 0 Å². The summed E-state index contributed by atoms with van der Waals surface area (Å²) in [6.45, 7) is 17.0. The maximum absolute atomic E-state index is 2.77. The van der Waals surface area contributed by atoms with Crippen LogP contribution in [0.4, 0.5) is 0 Å². The van der Waals surface area contributed by atoms with E-state index in [1.54, 1.807) is 0 Å². The summed E-state index contributed by atoms with van der Waals surface area (Å²) in [7, 11) is 0. The lowest BCUT2D eigenvalue weighted by Crippen LogP contribution is -2.34. The van der Waals surface area contributed by atoms with Crippen molar-refractivity contribution in [2.45, 2.75) is 145 Å². The highest BCUT2D eigenvalue weighted by atomic mass is 14.4. The summed E-state index contributed by atoms with van der Waals surface area (Å²) in [5.74, 6) is 5.13. The summed E-state index contributed by atoms with van der Waals surface area (Å²) in [5, 5.41) is 0. The molecule has 0 amide bonds. The molecule has 0 saturated carbocycles. The number of rotatable bonds is 17. The quantitative estimate of drug-likeness (QED) is 0.163. The van der Waals surface area contributed by atoms with Gasteiger partial charge < -0.3 is 0 Å². The van der Waals surface area contributed by atoms with Crippen LogP contribution in [0, 0.1) is 35.5 Å². The molecule has 0 radical (unpaired) electrons. The van der Waals surface area contributed by atoms with Gasteiger partial charge in [-0.15, -0.1) is 0 Å². The number of hydrogen-bond donors (Lipinski definition) is 0. The van der Waals surface area contributed by atoms with Crippen molar-refractivity contribution in [3.63, 3.8) is 0 Å². The molecule has 0 heteroatoms. The molecule has 30 heavy (non-hydrogen) atoms. The van der Waals surface area contributed by atoms with E-state index in [1.807, 2.05) is 5.57 Å². The fourth-order valence-electron chi connectivity index (χ4n) is 6.08. The van der Waals surface area contributed by atoms with Crippen molar-refractivity contribution in [1.82, 2.24) is 0 Å². The van der Waals surface area contributed by atoms with Crippen LogP contribution in [0.2, 0.25) is 0 Å². The van der Waals surface area contributed by atoms with Crippen LogP contribution in [0.15, 0.2) is 11.6 Å². The molecule has 0 heterocycles. The second-order valence-electron chi connectivity index (χ2n) is 11.1. The van der Waals surface area contributed by atoms with Crippen LogP contribution in [-0.4, -0.2) is 0 Å². The molecule has 5 atom stereocenters. The molecule has 0 spiro atoms.